The molecule has 0 atom stereocenters. The van der Waals surface area contributed by atoms with Crippen molar-refractivity contribution in [2.75, 3.05) is 38.6 Å². The Balaban J connectivity index is 2.80. The van der Waals surface area contributed by atoms with E-state index in [2.05, 4.69) is 40.8 Å². The Kier molecular flexibility index (Phi) is 5.65. The van der Waals surface area contributed by atoms with Crippen LogP contribution in [0.4, 0.5) is 5.82 Å². The Bertz CT molecular complexity index is 334. The van der Waals surface area contributed by atoms with Crippen LogP contribution in [0.5, 0.6) is 0 Å². The third-order valence-corrected chi connectivity index (χ3v) is 2.62. The average Bonchev–Trinajstić information content (AvgIpc) is 2.22. The van der Waals surface area contributed by atoms with Gasteiger partial charge in [-0.1, -0.05) is 18.5 Å². The Labute approximate surface area is 109 Å². The number of likely N-dealkylation sites (N-methyl/N-ethyl adjacent to an activating group) is 1. The maximum absolute atomic E-state index is 5.97. The van der Waals surface area contributed by atoms with E-state index in [1.165, 1.54) is 0 Å². The molecule has 0 aromatic carbocycles. The molecule has 0 aliphatic heterocycles. The summed E-state index contributed by atoms with van der Waals surface area (Å²) in [5.74, 6) is 1.64. The van der Waals surface area contributed by atoms with Gasteiger partial charge >= 0.3 is 0 Å². The number of rotatable bonds is 6. The lowest BCUT2D eigenvalue weighted by molar-refractivity contribution is 0.412. The van der Waals surface area contributed by atoms with E-state index in [-0.39, 0.29) is 0 Å². The second-order valence-corrected chi connectivity index (χ2v) is 4.77. The highest BCUT2D eigenvalue weighted by Gasteiger charge is 2.09. The zero-order chi connectivity index (χ0) is 12.8. The molecule has 0 unspecified atom stereocenters. The van der Waals surface area contributed by atoms with Crippen molar-refractivity contribution < 1.29 is 0 Å². The van der Waals surface area contributed by atoms with Crippen LogP contribution in [0.1, 0.15) is 19.2 Å². The molecule has 17 heavy (non-hydrogen) atoms. The van der Waals surface area contributed by atoms with Crippen LogP contribution in [-0.4, -0.2) is 48.6 Å². The summed E-state index contributed by atoms with van der Waals surface area (Å²) in [4.78, 5) is 12.9. The molecule has 0 saturated carbocycles. The van der Waals surface area contributed by atoms with Crippen molar-refractivity contribution in [2.45, 2.75) is 20.3 Å². The first-order valence-electron chi connectivity index (χ1n) is 5.93. The lowest BCUT2D eigenvalue weighted by atomic mass is 10.3. The molecule has 1 rings (SSSR count). The molecule has 0 radical (unpaired) electrons. The van der Waals surface area contributed by atoms with Gasteiger partial charge < -0.3 is 9.80 Å². The maximum Gasteiger partial charge on any atom is 0.134 e. The van der Waals surface area contributed by atoms with E-state index in [1.807, 2.05) is 13.0 Å². The number of aromatic nitrogens is 2. The first-order valence-corrected chi connectivity index (χ1v) is 6.31. The van der Waals surface area contributed by atoms with Gasteiger partial charge in [0.15, 0.2) is 0 Å². The highest BCUT2D eigenvalue weighted by Crippen LogP contribution is 2.16. The van der Waals surface area contributed by atoms with E-state index in [0.717, 1.165) is 37.7 Å². The van der Waals surface area contributed by atoms with Gasteiger partial charge in [0, 0.05) is 25.7 Å². The Morgan fingerprint density at radius 2 is 1.88 bits per heavy atom. The minimum absolute atomic E-state index is 0.512. The molecule has 4 nitrogen and oxygen atoms in total. The fraction of sp³-hybridized carbons (Fsp3) is 0.667. The van der Waals surface area contributed by atoms with Crippen molar-refractivity contribution in [2.24, 2.45) is 0 Å². The molecular weight excluding hydrogens is 236 g/mol. The number of nitrogens with zero attached hydrogens (tertiary/aromatic N) is 4. The first-order chi connectivity index (χ1) is 8.02. The summed E-state index contributed by atoms with van der Waals surface area (Å²) < 4.78 is 0. The quantitative estimate of drug-likeness (QED) is 0.731. The van der Waals surface area contributed by atoms with E-state index in [4.69, 9.17) is 11.6 Å². The molecule has 0 amide bonds. The van der Waals surface area contributed by atoms with Gasteiger partial charge in [0.2, 0.25) is 0 Å². The van der Waals surface area contributed by atoms with Crippen LogP contribution < -0.4 is 4.90 Å². The van der Waals surface area contributed by atoms with Gasteiger partial charge in [-0.15, -0.1) is 0 Å². The van der Waals surface area contributed by atoms with E-state index in [1.54, 1.807) is 0 Å². The van der Waals surface area contributed by atoms with Gasteiger partial charge in [-0.05, 0) is 27.4 Å². The lowest BCUT2D eigenvalue weighted by Gasteiger charge is -2.25. The maximum atomic E-state index is 5.97. The monoisotopic (exact) mass is 256 g/mol. The second-order valence-electron chi connectivity index (χ2n) is 4.39. The second kappa shape index (κ2) is 6.77. The fourth-order valence-corrected chi connectivity index (χ4v) is 1.83. The zero-order valence-electron chi connectivity index (χ0n) is 11.1. The van der Waals surface area contributed by atoms with Gasteiger partial charge in [-0.2, -0.15) is 0 Å². The molecule has 1 heterocycles. The smallest absolute Gasteiger partial charge is 0.134 e. The molecule has 96 valence electrons. The van der Waals surface area contributed by atoms with Crippen LogP contribution in [0.2, 0.25) is 5.15 Å². The molecule has 0 saturated heterocycles. The third kappa shape index (κ3) is 4.88. The summed E-state index contributed by atoms with van der Waals surface area (Å²) in [6, 6.07) is 1.83. The average molecular weight is 257 g/mol. The Morgan fingerprint density at radius 1 is 1.18 bits per heavy atom. The predicted molar refractivity (Wildman–Crippen MR) is 72.8 cm³/mol. The molecule has 0 spiro atoms. The fourth-order valence-electron chi connectivity index (χ4n) is 1.61. The number of hydrogen-bond donors (Lipinski definition) is 0. The number of halogens is 1. The topological polar surface area (TPSA) is 32.3 Å². The first kappa shape index (κ1) is 14.2. The molecular formula is C12H21ClN4. The van der Waals surface area contributed by atoms with Crippen LogP contribution >= 0.6 is 11.6 Å². The molecule has 0 aliphatic carbocycles. The van der Waals surface area contributed by atoms with Gasteiger partial charge in [-0.25, -0.2) is 9.97 Å². The number of anilines is 1. The summed E-state index contributed by atoms with van der Waals surface area (Å²) in [7, 11) is 4.14. The van der Waals surface area contributed by atoms with Crippen molar-refractivity contribution in [1.29, 1.82) is 0 Å². The summed E-state index contributed by atoms with van der Waals surface area (Å²) in [5.41, 5.74) is 0. The van der Waals surface area contributed by atoms with Crippen LogP contribution in [0.25, 0.3) is 0 Å². The van der Waals surface area contributed by atoms with Crippen molar-refractivity contribution >= 4 is 17.4 Å². The Hall–Kier alpha value is -0.870. The van der Waals surface area contributed by atoms with Crippen LogP contribution in [0.15, 0.2) is 6.07 Å². The highest BCUT2D eigenvalue weighted by molar-refractivity contribution is 6.29. The summed E-state index contributed by atoms with van der Waals surface area (Å²) in [6.45, 7) is 6.97. The van der Waals surface area contributed by atoms with Crippen LogP contribution in [-0.2, 0) is 0 Å². The lowest BCUT2D eigenvalue weighted by Crippen LogP contribution is -2.33. The van der Waals surface area contributed by atoms with Crippen molar-refractivity contribution in [1.82, 2.24) is 14.9 Å². The number of hydrogen-bond acceptors (Lipinski definition) is 4. The van der Waals surface area contributed by atoms with Crippen molar-refractivity contribution in [3.63, 3.8) is 0 Å². The molecule has 5 heteroatoms. The van der Waals surface area contributed by atoms with Gasteiger partial charge in [-0.3, -0.25) is 0 Å². The summed E-state index contributed by atoms with van der Waals surface area (Å²) in [5, 5.41) is 0.512. The van der Waals surface area contributed by atoms with E-state index in [9.17, 15) is 0 Å². The molecule has 1 aromatic rings. The van der Waals surface area contributed by atoms with Gasteiger partial charge in [0.05, 0.1) is 0 Å². The predicted octanol–water partition coefficient (Wildman–Crippen LogP) is 2.22. The molecule has 0 bridgehead atoms. The Morgan fingerprint density at radius 3 is 2.41 bits per heavy atom. The largest absolute Gasteiger partial charge is 0.355 e. The van der Waals surface area contributed by atoms with Crippen LogP contribution in [0.3, 0.4) is 0 Å². The standard InChI is InChI=1S/C12H21ClN4/c1-5-6-17(8-7-16(3)4)12-9-11(13)14-10(2)15-12/h9H,5-8H2,1-4H3. The minimum Gasteiger partial charge on any atom is -0.355 e. The van der Waals surface area contributed by atoms with E-state index < -0.39 is 0 Å². The van der Waals surface area contributed by atoms with E-state index >= 15 is 0 Å². The SMILES string of the molecule is CCCN(CCN(C)C)c1cc(Cl)nc(C)n1. The summed E-state index contributed by atoms with van der Waals surface area (Å²) in [6.07, 6.45) is 1.09. The normalized spacial score (nSPS) is 10.9. The molecule has 1 aromatic heterocycles. The van der Waals surface area contributed by atoms with Gasteiger partial charge in [0.1, 0.15) is 16.8 Å². The zero-order valence-corrected chi connectivity index (χ0v) is 11.8. The molecule has 0 fully saturated rings. The highest BCUT2D eigenvalue weighted by atomic mass is 35.5. The van der Waals surface area contributed by atoms with Gasteiger partial charge in [0.25, 0.3) is 0 Å². The number of aryl methyl sites for hydroxylation is 1. The molecule has 0 N–H and O–H groups in total. The van der Waals surface area contributed by atoms with Crippen molar-refractivity contribution in [3.8, 4) is 0 Å². The van der Waals surface area contributed by atoms with Crippen LogP contribution in [0, 0.1) is 6.92 Å². The summed E-state index contributed by atoms with van der Waals surface area (Å²) >= 11 is 5.97. The third-order valence-electron chi connectivity index (χ3n) is 2.43. The van der Waals surface area contributed by atoms with E-state index in [0.29, 0.717) is 5.15 Å². The molecule has 0 aliphatic rings. The van der Waals surface area contributed by atoms with Crippen molar-refractivity contribution in [3.05, 3.63) is 17.0 Å². The minimum atomic E-state index is 0.512.